The van der Waals surface area contributed by atoms with Gasteiger partial charge in [-0.2, -0.15) is 0 Å². The SMILES string of the molecule is CN1C[C@H](c2nc3ccccc3[nH]2)CC1=O. The Morgan fingerprint density at radius 3 is 2.94 bits per heavy atom. The minimum atomic E-state index is 0.199. The van der Waals surface area contributed by atoms with Gasteiger partial charge in [-0.25, -0.2) is 4.98 Å². The molecule has 2 aromatic rings. The maximum absolute atomic E-state index is 11.5. The van der Waals surface area contributed by atoms with E-state index in [4.69, 9.17) is 0 Å². The van der Waals surface area contributed by atoms with Gasteiger partial charge in [-0.15, -0.1) is 0 Å². The molecule has 1 saturated heterocycles. The number of aromatic nitrogens is 2. The molecule has 16 heavy (non-hydrogen) atoms. The van der Waals surface area contributed by atoms with Gasteiger partial charge < -0.3 is 9.88 Å². The number of carbonyl (C=O) groups is 1. The lowest BCUT2D eigenvalue weighted by Gasteiger charge is -2.07. The zero-order valence-electron chi connectivity index (χ0n) is 9.10. The molecule has 1 amide bonds. The van der Waals surface area contributed by atoms with E-state index in [0.717, 1.165) is 23.4 Å². The molecule has 82 valence electrons. The molecular formula is C12H13N3O. The number of hydrogen-bond donors (Lipinski definition) is 1. The van der Waals surface area contributed by atoms with Crippen LogP contribution in [0.25, 0.3) is 11.0 Å². The molecule has 2 heterocycles. The van der Waals surface area contributed by atoms with E-state index in [1.807, 2.05) is 31.3 Å². The highest BCUT2D eigenvalue weighted by Crippen LogP contribution is 2.26. The van der Waals surface area contributed by atoms with Crippen LogP contribution in [0.1, 0.15) is 18.2 Å². The number of nitrogens with zero attached hydrogens (tertiary/aromatic N) is 2. The largest absolute Gasteiger partial charge is 0.345 e. The number of amides is 1. The van der Waals surface area contributed by atoms with Gasteiger partial charge in [0.2, 0.25) is 5.91 Å². The number of carbonyl (C=O) groups excluding carboxylic acids is 1. The lowest BCUT2D eigenvalue weighted by atomic mass is 10.1. The molecule has 4 nitrogen and oxygen atoms in total. The molecule has 0 unspecified atom stereocenters. The first-order valence-corrected chi connectivity index (χ1v) is 5.42. The Morgan fingerprint density at radius 2 is 2.25 bits per heavy atom. The molecule has 1 aromatic carbocycles. The quantitative estimate of drug-likeness (QED) is 0.783. The smallest absolute Gasteiger partial charge is 0.223 e. The summed E-state index contributed by atoms with van der Waals surface area (Å²) in [7, 11) is 1.84. The highest BCUT2D eigenvalue weighted by molar-refractivity contribution is 5.80. The Morgan fingerprint density at radius 1 is 1.44 bits per heavy atom. The molecule has 1 N–H and O–H groups in total. The molecule has 1 aromatic heterocycles. The van der Waals surface area contributed by atoms with Crippen molar-refractivity contribution in [3.8, 4) is 0 Å². The Balaban J connectivity index is 1.98. The summed E-state index contributed by atoms with van der Waals surface area (Å²) in [6.45, 7) is 0.763. The summed E-state index contributed by atoms with van der Waals surface area (Å²) in [6.07, 6.45) is 0.566. The predicted octanol–water partition coefficient (Wildman–Crippen LogP) is 1.51. The van der Waals surface area contributed by atoms with Gasteiger partial charge in [0.1, 0.15) is 5.82 Å². The minimum Gasteiger partial charge on any atom is -0.345 e. The summed E-state index contributed by atoms with van der Waals surface area (Å²) in [5.74, 6) is 1.34. The number of likely N-dealkylation sites (tertiary alicyclic amines) is 1. The topological polar surface area (TPSA) is 49.0 Å². The van der Waals surface area contributed by atoms with Gasteiger partial charge in [-0.1, -0.05) is 12.1 Å². The zero-order valence-corrected chi connectivity index (χ0v) is 9.10. The fraction of sp³-hybridized carbons (Fsp3) is 0.333. The van der Waals surface area contributed by atoms with Gasteiger partial charge in [-0.3, -0.25) is 4.79 Å². The van der Waals surface area contributed by atoms with Gasteiger partial charge in [0.25, 0.3) is 0 Å². The van der Waals surface area contributed by atoms with Crippen LogP contribution in [0.5, 0.6) is 0 Å². The Labute approximate surface area is 93.3 Å². The summed E-state index contributed by atoms with van der Waals surface area (Å²) in [6, 6.07) is 7.94. The summed E-state index contributed by atoms with van der Waals surface area (Å²) >= 11 is 0. The van der Waals surface area contributed by atoms with E-state index < -0.39 is 0 Å². The van der Waals surface area contributed by atoms with Crippen molar-refractivity contribution in [2.24, 2.45) is 0 Å². The standard InChI is InChI=1S/C12H13N3O/c1-15-7-8(6-11(15)16)12-13-9-4-2-3-5-10(9)14-12/h2-5,8H,6-7H2,1H3,(H,13,14)/t8-/m1/s1. The van der Waals surface area contributed by atoms with Crippen LogP contribution in [0, 0.1) is 0 Å². The number of hydrogen-bond acceptors (Lipinski definition) is 2. The van der Waals surface area contributed by atoms with E-state index in [9.17, 15) is 4.79 Å². The first-order chi connectivity index (χ1) is 7.74. The molecule has 4 heteroatoms. The van der Waals surface area contributed by atoms with Crippen LogP contribution in [0.3, 0.4) is 0 Å². The van der Waals surface area contributed by atoms with Crippen LogP contribution in [0.2, 0.25) is 0 Å². The maximum atomic E-state index is 11.5. The number of aromatic amines is 1. The van der Waals surface area contributed by atoms with Gasteiger partial charge in [-0.05, 0) is 12.1 Å². The van der Waals surface area contributed by atoms with E-state index in [1.54, 1.807) is 4.90 Å². The number of nitrogens with one attached hydrogen (secondary N) is 1. The molecule has 0 radical (unpaired) electrons. The summed E-state index contributed by atoms with van der Waals surface area (Å²) in [4.78, 5) is 21.0. The monoisotopic (exact) mass is 215 g/mol. The number of para-hydroxylation sites is 2. The zero-order chi connectivity index (χ0) is 11.1. The van der Waals surface area contributed by atoms with E-state index in [-0.39, 0.29) is 11.8 Å². The number of H-pyrrole nitrogens is 1. The van der Waals surface area contributed by atoms with E-state index in [1.165, 1.54) is 0 Å². The molecular weight excluding hydrogens is 202 g/mol. The highest BCUT2D eigenvalue weighted by atomic mass is 16.2. The van der Waals surface area contributed by atoms with Gasteiger partial charge in [0, 0.05) is 25.9 Å². The van der Waals surface area contributed by atoms with Crippen molar-refractivity contribution < 1.29 is 4.79 Å². The van der Waals surface area contributed by atoms with Crippen molar-refractivity contribution in [2.45, 2.75) is 12.3 Å². The molecule has 0 saturated carbocycles. The van der Waals surface area contributed by atoms with Crippen molar-refractivity contribution >= 4 is 16.9 Å². The third-order valence-corrected chi connectivity index (χ3v) is 3.14. The normalized spacial score (nSPS) is 20.9. The average Bonchev–Trinajstić information content (AvgIpc) is 2.83. The molecule has 0 bridgehead atoms. The Kier molecular flexibility index (Phi) is 1.96. The number of fused-ring (bicyclic) bond motifs is 1. The molecule has 0 aliphatic carbocycles. The fourth-order valence-electron chi connectivity index (χ4n) is 2.21. The Bertz CT molecular complexity index is 513. The van der Waals surface area contributed by atoms with E-state index >= 15 is 0 Å². The number of benzene rings is 1. The van der Waals surface area contributed by atoms with Crippen molar-refractivity contribution in [2.75, 3.05) is 13.6 Å². The summed E-state index contributed by atoms with van der Waals surface area (Å²) in [5.41, 5.74) is 2.01. The second-order valence-electron chi connectivity index (χ2n) is 4.31. The first-order valence-electron chi connectivity index (χ1n) is 5.42. The molecule has 1 fully saturated rings. The fourth-order valence-corrected chi connectivity index (χ4v) is 2.21. The van der Waals surface area contributed by atoms with E-state index in [2.05, 4.69) is 9.97 Å². The van der Waals surface area contributed by atoms with Crippen LogP contribution in [0.15, 0.2) is 24.3 Å². The summed E-state index contributed by atoms with van der Waals surface area (Å²) in [5, 5.41) is 0. The average molecular weight is 215 g/mol. The maximum Gasteiger partial charge on any atom is 0.223 e. The lowest BCUT2D eigenvalue weighted by Crippen LogP contribution is -2.18. The van der Waals surface area contributed by atoms with E-state index in [0.29, 0.717) is 6.42 Å². The first kappa shape index (κ1) is 9.39. The second kappa shape index (κ2) is 3.33. The van der Waals surface area contributed by atoms with Gasteiger partial charge >= 0.3 is 0 Å². The number of likely N-dealkylation sites (N-methyl/N-ethyl adjacent to an activating group) is 1. The van der Waals surface area contributed by atoms with Crippen molar-refractivity contribution in [3.63, 3.8) is 0 Å². The van der Waals surface area contributed by atoms with Crippen molar-refractivity contribution in [3.05, 3.63) is 30.1 Å². The van der Waals surface area contributed by atoms with Crippen molar-refractivity contribution in [1.82, 2.24) is 14.9 Å². The number of imidazole rings is 1. The third kappa shape index (κ3) is 1.38. The predicted molar refractivity (Wildman–Crippen MR) is 61.1 cm³/mol. The second-order valence-corrected chi connectivity index (χ2v) is 4.31. The van der Waals surface area contributed by atoms with Gasteiger partial charge in [0.05, 0.1) is 11.0 Å². The van der Waals surface area contributed by atoms with Crippen molar-refractivity contribution in [1.29, 1.82) is 0 Å². The molecule has 0 spiro atoms. The van der Waals surface area contributed by atoms with Crippen LogP contribution in [-0.4, -0.2) is 34.4 Å². The highest BCUT2D eigenvalue weighted by Gasteiger charge is 2.29. The van der Waals surface area contributed by atoms with Crippen LogP contribution in [-0.2, 0) is 4.79 Å². The molecule has 1 aliphatic heterocycles. The van der Waals surface area contributed by atoms with Crippen LogP contribution in [0.4, 0.5) is 0 Å². The Hall–Kier alpha value is -1.84. The van der Waals surface area contributed by atoms with Crippen LogP contribution >= 0.6 is 0 Å². The van der Waals surface area contributed by atoms with Gasteiger partial charge in [0.15, 0.2) is 0 Å². The van der Waals surface area contributed by atoms with Crippen LogP contribution < -0.4 is 0 Å². The number of rotatable bonds is 1. The minimum absolute atomic E-state index is 0.199. The lowest BCUT2D eigenvalue weighted by molar-refractivity contribution is -0.126. The summed E-state index contributed by atoms with van der Waals surface area (Å²) < 4.78 is 0. The molecule has 3 rings (SSSR count). The molecule has 1 atom stereocenters. The molecule has 1 aliphatic rings. The third-order valence-electron chi connectivity index (χ3n) is 3.14.